The Kier molecular flexibility index (Phi) is 4.64. The van der Waals surface area contributed by atoms with Gasteiger partial charge in [0.05, 0.1) is 7.11 Å². The second kappa shape index (κ2) is 6.44. The summed E-state index contributed by atoms with van der Waals surface area (Å²) in [6.45, 7) is 0.544. The number of amides is 1. The predicted molar refractivity (Wildman–Crippen MR) is 80.2 cm³/mol. The molecule has 0 bridgehead atoms. The molecule has 3 nitrogen and oxygen atoms in total. The van der Waals surface area contributed by atoms with E-state index in [1.54, 1.807) is 43.3 Å². The molecule has 0 aliphatic heterocycles. The third-order valence-electron chi connectivity index (χ3n) is 3.02. The maximum atomic E-state index is 12.3. The number of carbonyl (C=O) groups excluding carboxylic acids is 1. The molecule has 0 aliphatic rings. The van der Waals surface area contributed by atoms with Crippen LogP contribution in [0.4, 0.5) is 0 Å². The molecule has 0 saturated carbocycles. The Bertz CT molecular complexity index is 578. The average Bonchev–Trinajstić information content (AvgIpc) is 2.49. The third kappa shape index (κ3) is 3.52. The molecule has 20 heavy (non-hydrogen) atoms. The molecule has 0 atom stereocenters. The van der Waals surface area contributed by atoms with Crippen LogP contribution >= 0.6 is 11.6 Å². The van der Waals surface area contributed by atoms with Crippen molar-refractivity contribution in [2.24, 2.45) is 0 Å². The van der Waals surface area contributed by atoms with E-state index < -0.39 is 0 Å². The fourth-order valence-electron chi connectivity index (χ4n) is 1.89. The number of rotatable bonds is 4. The van der Waals surface area contributed by atoms with Crippen molar-refractivity contribution >= 4 is 17.5 Å². The SMILES string of the molecule is COc1ccc(C(=O)N(C)Cc2ccc(Cl)cc2)cc1. The van der Waals surface area contributed by atoms with Gasteiger partial charge in [-0.05, 0) is 42.0 Å². The zero-order chi connectivity index (χ0) is 14.5. The number of methoxy groups -OCH3 is 1. The van der Waals surface area contributed by atoms with E-state index >= 15 is 0 Å². The van der Waals surface area contributed by atoms with Crippen LogP contribution in [-0.4, -0.2) is 25.0 Å². The first-order valence-electron chi connectivity index (χ1n) is 6.24. The first-order valence-corrected chi connectivity index (χ1v) is 6.62. The van der Waals surface area contributed by atoms with Crippen LogP contribution in [0.15, 0.2) is 48.5 Å². The van der Waals surface area contributed by atoms with E-state index in [9.17, 15) is 4.79 Å². The molecule has 2 aromatic carbocycles. The summed E-state index contributed by atoms with van der Waals surface area (Å²) < 4.78 is 5.08. The molecular formula is C16H16ClNO2. The van der Waals surface area contributed by atoms with Crippen molar-refractivity contribution in [2.45, 2.75) is 6.54 Å². The van der Waals surface area contributed by atoms with Gasteiger partial charge in [-0.15, -0.1) is 0 Å². The lowest BCUT2D eigenvalue weighted by Gasteiger charge is -2.17. The van der Waals surface area contributed by atoms with E-state index in [4.69, 9.17) is 16.3 Å². The van der Waals surface area contributed by atoms with Crippen LogP contribution in [0.2, 0.25) is 5.02 Å². The number of nitrogens with zero attached hydrogens (tertiary/aromatic N) is 1. The van der Waals surface area contributed by atoms with Crippen molar-refractivity contribution in [2.75, 3.05) is 14.2 Å². The van der Waals surface area contributed by atoms with Crippen LogP contribution in [0.3, 0.4) is 0 Å². The van der Waals surface area contributed by atoms with Crippen LogP contribution in [-0.2, 0) is 6.54 Å². The molecule has 0 radical (unpaired) electrons. The molecule has 0 fully saturated rings. The molecule has 0 saturated heterocycles. The first-order chi connectivity index (χ1) is 9.60. The largest absolute Gasteiger partial charge is 0.497 e. The molecule has 104 valence electrons. The van der Waals surface area contributed by atoms with Crippen LogP contribution in [0, 0.1) is 0 Å². The second-order valence-electron chi connectivity index (χ2n) is 4.52. The Morgan fingerprint density at radius 2 is 1.70 bits per heavy atom. The smallest absolute Gasteiger partial charge is 0.253 e. The molecule has 0 heterocycles. The summed E-state index contributed by atoms with van der Waals surface area (Å²) in [5.74, 6) is 0.713. The molecule has 2 rings (SSSR count). The maximum Gasteiger partial charge on any atom is 0.253 e. The summed E-state index contributed by atoms with van der Waals surface area (Å²) >= 11 is 5.84. The summed E-state index contributed by atoms with van der Waals surface area (Å²) in [5.41, 5.74) is 1.68. The molecule has 0 aliphatic carbocycles. The number of halogens is 1. The van der Waals surface area contributed by atoms with Gasteiger partial charge in [0.25, 0.3) is 5.91 Å². The lowest BCUT2D eigenvalue weighted by Crippen LogP contribution is -2.26. The standard InChI is InChI=1S/C16H16ClNO2/c1-18(11-12-3-7-14(17)8-4-12)16(19)13-5-9-15(20-2)10-6-13/h3-10H,11H2,1-2H3. The topological polar surface area (TPSA) is 29.5 Å². The molecule has 0 N–H and O–H groups in total. The Labute approximate surface area is 123 Å². The van der Waals surface area contributed by atoms with Gasteiger partial charge < -0.3 is 9.64 Å². The van der Waals surface area contributed by atoms with E-state index in [-0.39, 0.29) is 5.91 Å². The third-order valence-corrected chi connectivity index (χ3v) is 3.27. The van der Waals surface area contributed by atoms with Crippen LogP contribution in [0.5, 0.6) is 5.75 Å². The quantitative estimate of drug-likeness (QED) is 0.860. The van der Waals surface area contributed by atoms with E-state index in [0.29, 0.717) is 17.1 Å². The molecule has 0 spiro atoms. The minimum absolute atomic E-state index is 0.0254. The molecule has 0 unspecified atom stereocenters. The van der Waals surface area contributed by atoms with Gasteiger partial charge in [0, 0.05) is 24.2 Å². The minimum atomic E-state index is -0.0254. The number of hydrogen-bond donors (Lipinski definition) is 0. The van der Waals surface area contributed by atoms with E-state index in [1.165, 1.54) is 0 Å². The Morgan fingerprint density at radius 1 is 1.10 bits per heavy atom. The normalized spacial score (nSPS) is 10.2. The summed E-state index contributed by atoms with van der Waals surface area (Å²) in [6.07, 6.45) is 0. The van der Waals surface area contributed by atoms with Crippen molar-refractivity contribution in [3.63, 3.8) is 0 Å². The van der Waals surface area contributed by atoms with Gasteiger partial charge in [-0.3, -0.25) is 4.79 Å². The van der Waals surface area contributed by atoms with Crippen molar-refractivity contribution in [1.82, 2.24) is 4.90 Å². The molecular weight excluding hydrogens is 274 g/mol. The highest BCUT2D eigenvalue weighted by atomic mass is 35.5. The van der Waals surface area contributed by atoms with Gasteiger partial charge >= 0.3 is 0 Å². The van der Waals surface area contributed by atoms with Crippen LogP contribution in [0.25, 0.3) is 0 Å². The Morgan fingerprint density at radius 3 is 2.25 bits per heavy atom. The van der Waals surface area contributed by atoms with Crippen LogP contribution < -0.4 is 4.74 Å². The fraction of sp³-hybridized carbons (Fsp3) is 0.188. The van der Waals surface area contributed by atoms with Gasteiger partial charge in [0.15, 0.2) is 0 Å². The first kappa shape index (κ1) is 14.4. The Hall–Kier alpha value is -2.00. The van der Waals surface area contributed by atoms with Gasteiger partial charge in [-0.1, -0.05) is 23.7 Å². The maximum absolute atomic E-state index is 12.3. The number of carbonyl (C=O) groups is 1. The average molecular weight is 290 g/mol. The van der Waals surface area contributed by atoms with Gasteiger partial charge in [0.2, 0.25) is 0 Å². The lowest BCUT2D eigenvalue weighted by atomic mass is 10.1. The van der Waals surface area contributed by atoms with E-state index in [0.717, 1.165) is 11.3 Å². The lowest BCUT2D eigenvalue weighted by molar-refractivity contribution is 0.0785. The zero-order valence-corrected chi connectivity index (χ0v) is 12.2. The zero-order valence-electron chi connectivity index (χ0n) is 11.5. The monoisotopic (exact) mass is 289 g/mol. The summed E-state index contributed by atoms with van der Waals surface area (Å²) in [7, 11) is 3.38. The fourth-order valence-corrected chi connectivity index (χ4v) is 2.02. The van der Waals surface area contributed by atoms with Gasteiger partial charge in [0.1, 0.15) is 5.75 Å². The van der Waals surface area contributed by atoms with E-state index in [1.807, 2.05) is 24.3 Å². The summed E-state index contributed by atoms with van der Waals surface area (Å²) in [6, 6.07) is 14.6. The number of hydrogen-bond acceptors (Lipinski definition) is 2. The van der Waals surface area contributed by atoms with E-state index in [2.05, 4.69) is 0 Å². The number of ether oxygens (including phenoxy) is 1. The highest BCUT2D eigenvalue weighted by Crippen LogP contribution is 2.15. The van der Waals surface area contributed by atoms with Gasteiger partial charge in [-0.25, -0.2) is 0 Å². The summed E-state index contributed by atoms with van der Waals surface area (Å²) in [4.78, 5) is 13.9. The Balaban J connectivity index is 2.05. The van der Waals surface area contributed by atoms with Crippen molar-refractivity contribution in [3.05, 3.63) is 64.7 Å². The minimum Gasteiger partial charge on any atom is -0.497 e. The molecule has 1 amide bonds. The van der Waals surface area contributed by atoms with Gasteiger partial charge in [-0.2, -0.15) is 0 Å². The predicted octanol–water partition coefficient (Wildman–Crippen LogP) is 3.62. The second-order valence-corrected chi connectivity index (χ2v) is 4.95. The van der Waals surface area contributed by atoms with Crippen molar-refractivity contribution < 1.29 is 9.53 Å². The molecule has 4 heteroatoms. The molecule has 2 aromatic rings. The van der Waals surface area contributed by atoms with Crippen molar-refractivity contribution in [3.8, 4) is 5.75 Å². The van der Waals surface area contributed by atoms with Crippen molar-refractivity contribution in [1.29, 1.82) is 0 Å². The summed E-state index contributed by atoms with van der Waals surface area (Å²) in [5, 5.41) is 0.692. The molecule has 0 aromatic heterocycles. The highest BCUT2D eigenvalue weighted by Gasteiger charge is 2.12. The van der Waals surface area contributed by atoms with Crippen LogP contribution in [0.1, 0.15) is 15.9 Å². The highest BCUT2D eigenvalue weighted by molar-refractivity contribution is 6.30. The number of benzene rings is 2.